The van der Waals surface area contributed by atoms with Crippen molar-refractivity contribution in [2.75, 3.05) is 6.54 Å². The molecular formula is C16H20N2O3S. The van der Waals surface area contributed by atoms with Crippen LogP contribution in [0.2, 0.25) is 0 Å². The van der Waals surface area contributed by atoms with Gasteiger partial charge in [-0.15, -0.1) is 0 Å². The Kier molecular flexibility index (Phi) is 4.06. The first-order valence-corrected chi connectivity index (χ1v) is 9.00. The van der Waals surface area contributed by atoms with Crippen molar-refractivity contribution in [1.82, 2.24) is 9.46 Å². The zero-order valence-corrected chi connectivity index (χ0v) is 13.6. The van der Waals surface area contributed by atoms with Gasteiger partial charge in [-0.1, -0.05) is 24.2 Å². The van der Waals surface area contributed by atoms with E-state index in [2.05, 4.69) is 5.16 Å². The van der Waals surface area contributed by atoms with Crippen LogP contribution in [-0.4, -0.2) is 24.4 Å². The fourth-order valence-corrected chi connectivity index (χ4v) is 4.55. The standard InChI is InChI=1S/C16H20N2O3S/c1-3-13-6-8-14(9-7-13)22(19,20)18-10-4-5-15(18)16-11-12(2)17-21-16/h6-9,11,15H,3-5,10H2,1-2H3. The molecule has 1 saturated heterocycles. The Hall–Kier alpha value is -1.66. The molecule has 6 heteroatoms. The van der Waals surface area contributed by atoms with Crippen molar-refractivity contribution >= 4 is 10.0 Å². The smallest absolute Gasteiger partial charge is 0.243 e. The van der Waals surface area contributed by atoms with Crippen LogP contribution >= 0.6 is 0 Å². The molecule has 2 aromatic rings. The minimum Gasteiger partial charge on any atom is -0.359 e. The van der Waals surface area contributed by atoms with Crippen LogP contribution in [0.15, 0.2) is 39.8 Å². The van der Waals surface area contributed by atoms with Crippen molar-refractivity contribution in [3.63, 3.8) is 0 Å². The summed E-state index contributed by atoms with van der Waals surface area (Å²) in [6.45, 7) is 4.40. The fraction of sp³-hybridized carbons (Fsp3) is 0.438. The molecule has 0 amide bonds. The molecule has 22 heavy (non-hydrogen) atoms. The second-order valence-electron chi connectivity index (χ2n) is 5.64. The molecule has 1 aromatic carbocycles. The van der Waals surface area contributed by atoms with Crippen molar-refractivity contribution in [1.29, 1.82) is 0 Å². The molecule has 0 radical (unpaired) electrons. The minimum atomic E-state index is -3.51. The summed E-state index contributed by atoms with van der Waals surface area (Å²) in [5.41, 5.74) is 1.90. The van der Waals surface area contributed by atoms with Crippen LogP contribution in [0, 0.1) is 6.92 Å². The summed E-state index contributed by atoms with van der Waals surface area (Å²) < 4.78 is 32.6. The van der Waals surface area contributed by atoms with Gasteiger partial charge in [0.05, 0.1) is 16.6 Å². The number of sulfonamides is 1. The van der Waals surface area contributed by atoms with E-state index in [1.54, 1.807) is 12.1 Å². The number of hydrogen-bond donors (Lipinski definition) is 0. The zero-order valence-electron chi connectivity index (χ0n) is 12.8. The Morgan fingerprint density at radius 3 is 2.64 bits per heavy atom. The minimum absolute atomic E-state index is 0.253. The maximum Gasteiger partial charge on any atom is 0.243 e. The molecule has 0 spiro atoms. The topological polar surface area (TPSA) is 63.4 Å². The summed E-state index contributed by atoms with van der Waals surface area (Å²) in [5, 5.41) is 3.88. The quantitative estimate of drug-likeness (QED) is 0.868. The molecule has 1 aliphatic heterocycles. The van der Waals surface area contributed by atoms with Gasteiger partial charge in [-0.2, -0.15) is 4.31 Å². The summed E-state index contributed by atoms with van der Waals surface area (Å²) in [4.78, 5) is 0.341. The maximum absolute atomic E-state index is 12.9. The van der Waals surface area contributed by atoms with Gasteiger partial charge in [0, 0.05) is 12.6 Å². The number of nitrogens with zero attached hydrogens (tertiary/aromatic N) is 2. The molecule has 2 heterocycles. The van der Waals surface area contributed by atoms with Gasteiger partial charge >= 0.3 is 0 Å². The van der Waals surface area contributed by atoms with Crippen LogP contribution in [0.5, 0.6) is 0 Å². The Labute approximate surface area is 131 Å². The lowest BCUT2D eigenvalue weighted by atomic mass is 10.2. The van der Waals surface area contributed by atoms with E-state index >= 15 is 0 Å². The van der Waals surface area contributed by atoms with Crippen LogP contribution in [0.1, 0.15) is 42.8 Å². The lowest BCUT2D eigenvalue weighted by Gasteiger charge is -2.22. The van der Waals surface area contributed by atoms with Crippen molar-refractivity contribution in [2.45, 2.75) is 44.0 Å². The van der Waals surface area contributed by atoms with Gasteiger partial charge in [0.1, 0.15) is 0 Å². The molecule has 118 valence electrons. The fourth-order valence-electron chi connectivity index (χ4n) is 2.89. The van der Waals surface area contributed by atoms with E-state index < -0.39 is 10.0 Å². The van der Waals surface area contributed by atoms with Gasteiger partial charge < -0.3 is 4.52 Å². The molecule has 1 aromatic heterocycles. The lowest BCUT2D eigenvalue weighted by molar-refractivity contribution is 0.297. The first-order valence-electron chi connectivity index (χ1n) is 7.56. The largest absolute Gasteiger partial charge is 0.359 e. The van der Waals surface area contributed by atoms with Crippen molar-refractivity contribution in [3.8, 4) is 0 Å². The monoisotopic (exact) mass is 320 g/mol. The highest BCUT2D eigenvalue weighted by Crippen LogP contribution is 2.36. The Bertz CT molecular complexity index is 750. The second kappa shape index (κ2) is 5.85. The first-order chi connectivity index (χ1) is 10.5. The number of aromatic nitrogens is 1. The van der Waals surface area contributed by atoms with Crippen LogP contribution in [0.3, 0.4) is 0 Å². The van der Waals surface area contributed by atoms with Crippen molar-refractivity contribution < 1.29 is 12.9 Å². The molecule has 0 saturated carbocycles. The van der Waals surface area contributed by atoms with Gasteiger partial charge in [0.2, 0.25) is 10.0 Å². The summed E-state index contributed by atoms with van der Waals surface area (Å²) in [5.74, 6) is 0.628. The van der Waals surface area contributed by atoms with Gasteiger partial charge in [-0.25, -0.2) is 8.42 Å². The summed E-state index contributed by atoms with van der Waals surface area (Å²) >= 11 is 0. The van der Waals surface area contributed by atoms with Gasteiger partial charge in [0.25, 0.3) is 0 Å². The molecule has 1 atom stereocenters. The van der Waals surface area contributed by atoms with Crippen LogP contribution in [0.25, 0.3) is 0 Å². The predicted octanol–water partition coefficient (Wildman–Crippen LogP) is 3.07. The van der Waals surface area contributed by atoms with E-state index in [1.165, 1.54) is 4.31 Å². The van der Waals surface area contributed by atoms with Gasteiger partial charge in [-0.3, -0.25) is 0 Å². The first kappa shape index (κ1) is 15.2. The van der Waals surface area contributed by atoms with Crippen molar-refractivity contribution in [2.24, 2.45) is 0 Å². The zero-order chi connectivity index (χ0) is 15.7. The number of benzene rings is 1. The highest BCUT2D eigenvalue weighted by atomic mass is 32.2. The molecule has 3 rings (SSSR count). The van der Waals surface area contributed by atoms with Gasteiger partial charge in [0.15, 0.2) is 5.76 Å². The van der Waals surface area contributed by atoms with E-state index in [0.717, 1.165) is 30.5 Å². The summed E-state index contributed by atoms with van der Waals surface area (Å²) in [6, 6.07) is 8.69. The molecule has 1 aliphatic rings. The summed E-state index contributed by atoms with van der Waals surface area (Å²) in [7, 11) is -3.51. The predicted molar refractivity (Wildman–Crippen MR) is 82.9 cm³/mol. The Balaban J connectivity index is 1.93. The molecule has 1 unspecified atom stereocenters. The van der Waals surface area contributed by atoms with E-state index in [0.29, 0.717) is 17.2 Å². The third-order valence-electron chi connectivity index (χ3n) is 4.12. The normalized spacial score (nSPS) is 19.6. The lowest BCUT2D eigenvalue weighted by Crippen LogP contribution is -2.30. The average Bonchev–Trinajstić information content (AvgIpc) is 3.16. The Morgan fingerprint density at radius 1 is 1.32 bits per heavy atom. The molecule has 0 bridgehead atoms. The van der Waals surface area contributed by atoms with Crippen LogP contribution in [0.4, 0.5) is 0 Å². The molecule has 0 N–H and O–H groups in total. The molecule has 5 nitrogen and oxygen atoms in total. The number of aryl methyl sites for hydroxylation is 2. The molecule has 1 fully saturated rings. The summed E-state index contributed by atoms with van der Waals surface area (Å²) in [6.07, 6.45) is 2.49. The van der Waals surface area contributed by atoms with E-state index in [4.69, 9.17) is 4.52 Å². The van der Waals surface area contributed by atoms with E-state index in [-0.39, 0.29) is 6.04 Å². The third-order valence-corrected chi connectivity index (χ3v) is 6.04. The molecular weight excluding hydrogens is 300 g/mol. The third kappa shape index (κ3) is 2.68. The average molecular weight is 320 g/mol. The van der Waals surface area contributed by atoms with Crippen LogP contribution in [-0.2, 0) is 16.4 Å². The van der Waals surface area contributed by atoms with Crippen molar-refractivity contribution in [3.05, 3.63) is 47.3 Å². The van der Waals surface area contributed by atoms with E-state index in [9.17, 15) is 8.42 Å². The highest BCUT2D eigenvalue weighted by Gasteiger charge is 2.38. The number of rotatable bonds is 4. The highest BCUT2D eigenvalue weighted by molar-refractivity contribution is 7.89. The van der Waals surface area contributed by atoms with E-state index in [1.807, 2.05) is 32.0 Å². The Morgan fingerprint density at radius 2 is 2.05 bits per heavy atom. The second-order valence-corrected chi connectivity index (χ2v) is 7.53. The SMILES string of the molecule is CCc1ccc(S(=O)(=O)N2CCCC2c2cc(C)no2)cc1. The number of hydrogen-bond acceptors (Lipinski definition) is 4. The van der Waals surface area contributed by atoms with Crippen LogP contribution < -0.4 is 0 Å². The molecule has 0 aliphatic carbocycles. The van der Waals surface area contributed by atoms with Gasteiger partial charge in [-0.05, 0) is 43.9 Å². The maximum atomic E-state index is 12.9.